The number of rotatable bonds is 19. The summed E-state index contributed by atoms with van der Waals surface area (Å²) in [5.41, 5.74) is 0.902. The van der Waals surface area contributed by atoms with E-state index in [0.717, 1.165) is 82.5 Å². The highest BCUT2D eigenvalue weighted by Crippen LogP contribution is 2.38. The summed E-state index contributed by atoms with van der Waals surface area (Å²) in [4.78, 5) is 34.2. The molecule has 1 atom stereocenters. The van der Waals surface area contributed by atoms with E-state index in [2.05, 4.69) is 19.8 Å². The van der Waals surface area contributed by atoms with Crippen molar-refractivity contribution in [2.45, 2.75) is 131 Å². The summed E-state index contributed by atoms with van der Waals surface area (Å²) in [5.74, 6) is -1.00. The van der Waals surface area contributed by atoms with Gasteiger partial charge >= 0.3 is 0 Å². The molecule has 0 N–H and O–H groups in total. The molecule has 0 spiro atoms. The fourth-order valence-corrected chi connectivity index (χ4v) is 10.2. The van der Waals surface area contributed by atoms with E-state index in [0.29, 0.717) is 86.6 Å². The molecule has 16 nitrogen and oxygen atoms in total. The van der Waals surface area contributed by atoms with Crippen LogP contribution < -0.4 is 18.9 Å². The molecule has 4 aromatic rings. The minimum atomic E-state index is -3.68. The fourth-order valence-electron chi connectivity index (χ4n) is 8.96. The molecule has 0 radical (unpaired) electrons. The zero-order chi connectivity index (χ0) is 47.9. The first-order valence-corrected chi connectivity index (χ1v) is 26.6. The molecule has 7 rings (SSSR count). The number of unbranched alkanes of at least 4 members (excludes halogenated alkanes) is 2. The first-order valence-electron chi connectivity index (χ1n) is 22.8. The lowest BCUT2D eigenvalue weighted by Gasteiger charge is -2.40. The number of carbonyl (C=O) groups is 1. The Bertz CT molecular complexity index is 2580. The van der Waals surface area contributed by atoms with Gasteiger partial charge in [0.05, 0.1) is 33.1 Å². The number of sulfone groups is 2. The monoisotopic (exact) mass is 970 g/mol. The summed E-state index contributed by atoms with van der Waals surface area (Å²) in [6.45, 7) is 6.33. The third-order valence-electron chi connectivity index (χ3n) is 12.9. The van der Waals surface area contributed by atoms with Crippen molar-refractivity contribution in [2.24, 2.45) is 0 Å². The average molecular weight is 971 g/mol. The van der Waals surface area contributed by atoms with E-state index in [1.165, 1.54) is 30.6 Å². The molecule has 2 aromatic heterocycles. The summed E-state index contributed by atoms with van der Waals surface area (Å²) in [7, 11) is -5.52. The molecular weight excluding hydrogens is 911 g/mol. The van der Waals surface area contributed by atoms with Gasteiger partial charge in [0.15, 0.2) is 48.6 Å². The number of ether oxygens (including phenoxy) is 5. The number of nitrogens with zero attached hydrogens (tertiary/aromatic N) is 6. The van der Waals surface area contributed by atoms with Crippen LogP contribution >= 0.6 is 0 Å². The van der Waals surface area contributed by atoms with Gasteiger partial charge in [-0.2, -0.15) is 9.97 Å². The number of hydrogen-bond acceptors (Lipinski definition) is 16. The quantitative estimate of drug-likeness (QED) is 0.0656. The van der Waals surface area contributed by atoms with Crippen molar-refractivity contribution < 1.29 is 54.1 Å². The first-order chi connectivity index (χ1) is 32.0. The predicted molar refractivity (Wildman–Crippen MR) is 243 cm³/mol. The zero-order valence-corrected chi connectivity index (χ0v) is 40.3. The van der Waals surface area contributed by atoms with Gasteiger partial charge in [-0.3, -0.25) is 4.90 Å². The van der Waals surface area contributed by atoms with Crippen LogP contribution in [-0.2, 0) is 29.2 Å². The Morgan fingerprint density at radius 2 is 1.21 bits per heavy atom. The van der Waals surface area contributed by atoms with Gasteiger partial charge in [-0.1, -0.05) is 6.42 Å². The van der Waals surface area contributed by atoms with E-state index in [1.54, 1.807) is 21.0 Å². The van der Waals surface area contributed by atoms with Crippen LogP contribution in [0.25, 0.3) is 0 Å². The maximum absolute atomic E-state index is 15.5. The third-order valence-corrected chi connectivity index (χ3v) is 15.2. The Labute approximate surface area is 391 Å². The molecule has 2 saturated heterocycles. The second-order valence-corrected chi connectivity index (χ2v) is 21.7. The van der Waals surface area contributed by atoms with Crippen molar-refractivity contribution in [1.29, 1.82) is 0 Å². The van der Waals surface area contributed by atoms with Gasteiger partial charge in [0, 0.05) is 58.3 Å². The van der Waals surface area contributed by atoms with Gasteiger partial charge in [-0.05, 0) is 114 Å². The molecule has 3 fully saturated rings. The second-order valence-electron chi connectivity index (χ2n) is 17.7. The molecule has 4 heterocycles. The first kappa shape index (κ1) is 50.0. The molecule has 1 unspecified atom stereocenters. The summed E-state index contributed by atoms with van der Waals surface area (Å²) in [5, 5.41) is 0. The number of likely N-dealkylation sites (tertiary alicyclic amines) is 2. The second kappa shape index (κ2) is 22.0. The highest BCUT2D eigenvalue weighted by molar-refractivity contribution is 7.91. The van der Waals surface area contributed by atoms with Gasteiger partial charge in [0.2, 0.25) is 23.5 Å². The number of carbonyl (C=O) groups excluding carboxylic acids is 1. The van der Waals surface area contributed by atoms with Crippen molar-refractivity contribution >= 4 is 26.0 Å². The topological polar surface area (TPSA) is 190 Å². The van der Waals surface area contributed by atoms with Crippen molar-refractivity contribution in [3.8, 4) is 35.0 Å². The van der Waals surface area contributed by atoms with Crippen LogP contribution in [0.3, 0.4) is 0 Å². The Morgan fingerprint density at radius 1 is 0.687 bits per heavy atom. The number of benzene rings is 2. The van der Waals surface area contributed by atoms with Crippen molar-refractivity contribution in [1.82, 2.24) is 29.7 Å². The van der Waals surface area contributed by atoms with Gasteiger partial charge in [-0.15, -0.1) is 0 Å². The summed E-state index contributed by atoms with van der Waals surface area (Å²) in [6, 6.07) is 7.03. The molecule has 0 bridgehead atoms. The summed E-state index contributed by atoms with van der Waals surface area (Å²) in [6.07, 6.45) is 13.5. The van der Waals surface area contributed by atoms with Crippen LogP contribution in [0.2, 0.25) is 0 Å². The lowest BCUT2D eigenvalue weighted by atomic mass is 9.90. The lowest BCUT2D eigenvalue weighted by Crippen LogP contribution is -2.46. The lowest BCUT2D eigenvalue weighted by molar-refractivity contribution is -0.107. The van der Waals surface area contributed by atoms with Crippen LogP contribution in [0.1, 0.15) is 100 Å². The van der Waals surface area contributed by atoms with Crippen LogP contribution in [0.4, 0.5) is 8.78 Å². The van der Waals surface area contributed by atoms with Gasteiger partial charge in [0.1, 0.15) is 24.8 Å². The fraction of sp³-hybridized carbons (Fsp3) is 0.553. The Kier molecular flexibility index (Phi) is 16.4. The van der Waals surface area contributed by atoms with Crippen LogP contribution in [0.15, 0.2) is 52.5 Å². The predicted octanol–water partition coefficient (Wildman–Crippen LogP) is 7.70. The van der Waals surface area contributed by atoms with Crippen LogP contribution in [-0.4, -0.2) is 123 Å². The Balaban J connectivity index is 1.10. The zero-order valence-electron chi connectivity index (χ0n) is 38.7. The molecule has 2 aromatic carbocycles. The largest absolute Gasteiger partial charge is 0.474 e. The Hall–Kier alpha value is -4.89. The maximum Gasteiger partial charge on any atom is 0.229 e. The minimum absolute atomic E-state index is 0.0537. The molecule has 20 heteroatoms. The number of piperidine rings is 2. The highest BCUT2D eigenvalue weighted by Gasteiger charge is 2.34. The van der Waals surface area contributed by atoms with Crippen molar-refractivity contribution in [3.63, 3.8) is 0 Å². The smallest absolute Gasteiger partial charge is 0.229 e. The standard InChI is InChI=1S/C47H60F2N6O10S2/c1-30-44(50-29-51-45(30)64-41-16-14-36(27-38(41)48)66(4,57)58)62-34-20-24-55(25-21-34)40(9-7-6-8-26-56)43-52-46(63-35-18-22-54(23-19-35)32-10-12-33(61-3)13-11-32)31(2)47(53-43)65-42-17-15-37(28-39(42)49)67(5,59)60/h14-17,26-29,32-35,40H,6-13,18-25H2,1-5H3. The van der Waals surface area contributed by atoms with E-state index < -0.39 is 31.3 Å². The highest BCUT2D eigenvalue weighted by atomic mass is 32.2. The van der Waals surface area contributed by atoms with E-state index in [4.69, 9.17) is 33.7 Å². The number of halogens is 2. The molecule has 0 amide bonds. The van der Waals surface area contributed by atoms with E-state index in [-0.39, 0.29) is 57.2 Å². The average Bonchev–Trinajstić information content (AvgIpc) is 3.30. The third kappa shape index (κ3) is 12.8. The molecule has 364 valence electrons. The molecule has 67 heavy (non-hydrogen) atoms. The Morgan fingerprint density at radius 3 is 1.76 bits per heavy atom. The number of hydrogen-bond donors (Lipinski definition) is 0. The van der Waals surface area contributed by atoms with Gasteiger partial charge in [-0.25, -0.2) is 35.6 Å². The van der Waals surface area contributed by atoms with Gasteiger partial charge in [0.25, 0.3) is 0 Å². The van der Waals surface area contributed by atoms with E-state index in [9.17, 15) is 26.0 Å². The molecule has 3 aliphatic rings. The number of methoxy groups -OCH3 is 1. The minimum Gasteiger partial charge on any atom is -0.474 e. The van der Waals surface area contributed by atoms with Crippen LogP contribution in [0, 0.1) is 25.5 Å². The molecular formula is C47H60F2N6O10S2. The number of aldehydes is 1. The molecule has 1 aliphatic carbocycles. The molecule has 1 saturated carbocycles. The summed E-state index contributed by atoms with van der Waals surface area (Å²) >= 11 is 0. The van der Waals surface area contributed by atoms with Crippen molar-refractivity contribution in [3.05, 3.63) is 71.3 Å². The van der Waals surface area contributed by atoms with Gasteiger partial charge < -0.3 is 33.4 Å². The van der Waals surface area contributed by atoms with Crippen LogP contribution in [0.5, 0.6) is 35.0 Å². The normalized spacial score (nSPS) is 19.7. The SMILES string of the molecule is COC1CCC(N2CCC(Oc3nc(C(CCCCC=O)N4CCC(Oc5ncnc(Oc6ccc(S(C)(=O)=O)cc6F)c5C)CC4)nc(Oc4ccc(S(C)(=O)=O)cc4F)c3C)CC2)CC1. The van der Waals surface area contributed by atoms with Crippen molar-refractivity contribution in [2.75, 3.05) is 45.8 Å². The summed E-state index contributed by atoms with van der Waals surface area (Å²) < 4.78 is 109. The van der Waals surface area contributed by atoms with E-state index in [1.807, 2.05) is 0 Å². The van der Waals surface area contributed by atoms with E-state index >= 15 is 4.39 Å². The number of aromatic nitrogens is 4. The maximum atomic E-state index is 15.5. The molecule has 2 aliphatic heterocycles.